The lowest BCUT2D eigenvalue weighted by atomic mass is 9.52. The minimum atomic E-state index is -4.25. The maximum atomic E-state index is 13.4. The number of allylic oxidation sites excluding steroid dienone is 3. The first-order valence-electron chi connectivity index (χ1n) is 12.9. The van der Waals surface area contributed by atoms with Crippen LogP contribution in [0.2, 0.25) is 0 Å². The molecule has 2 N–H and O–H groups in total. The van der Waals surface area contributed by atoms with Gasteiger partial charge in [-0.25, -0.2) is 0 Å². The molecule has 0 aromatic heterocycles. The van der Waals surface area contributed by atoms with Crippen molar-refractivity contribution in [2.24, 2.45) is 16.0 Å². The number of nitrogens with one attached hydrogen (secondary N) is 1. The lowest BCUT2D eigenvalue weighted by molar-refractivity contribution is 0.00457. The number of rotatable bonds is 4. The molecule has 40 heavy (non-hydrogen) atoms. The van der Waals surface area contributed by atoms with E-state index in [0.29, 0.717) is 23.3 Å². The topological polar surface area (TPSA) is 124 Å². The summed E-state index contributed by atoms with van der Waals surface area (Å²) in [4.78, 5) is 17.7. The average Bonchev–Trinajstić information content (AvgIpc) is 3.19. The zero-order valence-electron chi connectivity index (χ0n) is 22.8. The predicted molar refractivity (Wildman–Crippen MR) is 147 cm³/mol. The molecule has 0 saturated heterocycles. The van der Waals surface area contributed by atoms with Crippen molar-refractivity contribution in [3.63, 3.8) is 0 Å². The zero-order valence-corrected chi connectivity index (χ0v) is 23.6. The summed E-state index contributed by atoms with van der Waals surface area (Å²) in [5.41, 5.74) is 0.815. The van der Waals surface area contributed by atoms with Crippen molar-refractivity contribution in [2.45, 2.75) is 50.8 Å². The predicted octanol–water partition coefficient (Wildman–Crippen LogP) is 4.32. The molecule has 0 bridgehead atoms. The van der Waals surface area contributed by atoms with Gasteiger partial charge in [0, 0.05) is 16.9 Å². The first-order valence-corrected chi connectivity index (χ1v) is 14.3. The number of nitrogens with zero attached hydrogens (tertiary/aromatic N) is 1. The van der Waals surface area contributed by atoms with E-state index in [0.717, 1.165) is 16.7 Å². The quantitative estimate of drug-likeness (QED) is 0.420. The maximum absolute atomic E-state index is 13.4. The molecule has 3 unspecified atom stereocenters. The third-order valence-corrected chi connectivity index (χ3v) is 9.96. The van der Waals surface area contributed by atoms with E-state index in [1.807, 2.05) is 39.0 Å². The second-order valence-corrected chi connectivity index (χ2v) is 12.8. The van der Waals surface area contributed by atoms with Crippen molar-refractivity contribution in [3.8, 4) is 5.75 Å². The molecule has 208 valence electrons. The summed E-state index contributed by atoms with van der Waals surface area (Å²) in [6.07, 6.45) is 4.94. The number of carbonyl (C=O) groups is 1. The molecule has 0 radical (unpaired) electrons. The number of fused-ring (bicyclic) bond motifs is 3. The second-order valence-electron chi connectivity index (χ2n) is 11.3. The Morgan fingerprint density at radius 1 is 1.10 bits per heavy atom. The van der Waals surface area contributed by atoms with Crippen LogP contribution in [0.1, 0.15) is 55.4 Å². The largest absolute Gasteiger partial charge is 0.477 e. The fraction of sp³-hybridized carbons (Fsp3) is 0.333. The van der Waals surface area contributed by atoms with Gasteiger partial charge in [-0.05, 0) is 42.7 Å². The van der Waals surface area contributed by atoms with Gasteiger partial charge in [0.05, 0.1) is 11.1 Å². The summed E-state index contributed by atoms with van der Waals surface area (Å²) in [5, 5.41) is 17.5. The van der Waals surface area contributed by atoms with E-state index in [4.69, 9.17) is 13.8 Å². The van der Waals surface area contributed by atoms with Crippen LogP contribution in [0.5, 0.6) is 5.75 Å². The number of benzene rings is 2. The molecular weight excluding hydrogens is 532 g/mol. The smallest absolute Gasteiger partial charge is 0.339 e. The Morgan fingerprint density at radius 2 is 1.82 bits per heavy atom. The van der Waals surface area contributed by atoms with Gasteiger partial charge in [-0.2, -0.15) is 8.42 Å². The third-order valence-electron chi connectivity index (χ3n) is 8.71. The Balaban J connectivity index is 1.62. The molecule has 0 saturated carbocycles. The number of carbonyl (C=O) groups excluding carboxylic acids is 1. The van der Waals surface area contributed by atoms with E-state index >= 15 is 0 Å². The highest BCUT2D eigenvalue weighted by molar-refractivity contribution is 7.86. The Bertz CT molecular complexity index is 1690. The number of oxime groups is 1. The molecule has 6 rings (SSSR count). The molecule has 4 aliphatic rings. The molecule has 9 nitrogen and oxygen atoms in total. The number of ether oxygens (including phenoxy) is 1. The number of hydrogen-bond donors (Lipinski definition) is 2. The van der Waals surface area contributed by atoms with Crippen LogP contribution in [-0.4, -0.2) is 37.9 Å². The van der Waals surface area contributed by atoms with Crippen LogP contribution in [0.25, 0.3) is 0 Å². The maximum Gasteiger partial charge on any atom is 0.339 e. The van der Waals surface area contributed by atoms with Crippen LogP contribution in [0.4, 0.5) is 0 Å². The van der Waals surface area contributed by atoms with Crippen molar-refractivity contribution in [1.82, 2.24) is 5.32 Å². The Labute approximate surface area is 232 Å². The Kier molecular flexibility index (Phi) is 5.63. The minimum Gasteiger partial charge on any atom is -0.477 e. The summed E-state index contributed by atoms with van der Waals surface area (Å²) in [6, 6.07) is 11.4. The van der Waals surface area contributed by atoms with Gasteiger partial charge in [-0.1, -0.05) is 67.9 Å². The van der Waals surface area contributed by atoms with Gasteiger partial charge < -0.3 is 24.2 Å². The van der Waals surface area contributed by atoms with E-state index in [9.17, 15) is 18.3 Å². The van der Waals surface area contributed by atoms with Gasteiger partial charge in [-0.15, -0.1) is 0 Å². The van der Waals surface area contributed by atoms with Gasteiger partial charge in [0.1, 0.15) is 23.5 Å². The van der Waals surface area contributed by atoms with Gasteiger partial charge in [-0.3, -0.25) is 4.79 Å². The standard InChI is InChI=1S/C30H30N2O7S/c1-17-11-14-22-28(2,3)25(32-37-5)21(39-40(35,36)19-9-7-6-8-10-19)16-30(22)29(17,4)15-18-12-13-20-23(24(18)38-30)27(34)31-26(20)33/h6-14,16,27,34H,15H2,1-5H3,(H,31,33). The molecular formula is C30H30N2O7S. The summed E-state index contributed by atoms with van der Waals surface area (Å²) < 4.78 is 39.7. The van der Waals surface area contributed by atoms with Gasteiger partial charge in [0.25, 0.3) is 5.91 Å². The minimum absolute atomic E-state index is 0.00719. The van der Waals surface area contributed by atoms with E-state index in [1.54, 1.807) is 30.3 Å². The number of aliphatic hydroxyl groups is 1. The third kappa shape index (κ3) is 3.45. The molecule has 0 fully saturated rings. The SMILES string of the molecule is CON=C1C(OS(=O)(=O)c2ccccc2)=CC23Oc4c(ccc5c4C(O)NC5=O)CC2(C)C(C)=CC=C3C1(C)C. The molecule has 2 aliphatic carbocycles. The normalized spacial score (nSPS) is 28.9. The van der Waals surface area contributed by atoms with E-state index < -0.39 is 32.8 Å². The monoisotopic (exact) mass is 562 g/mol. The van der Waals surface area contributed by atoms with E-state index in [-0.39, 0.29) is 22.3 Å². The summed E-state index contributed by atoms with van der Waals surface area (Å²) in [5.74, 6) is -0.00680. The van der Waals surface area contributed by atoms with Crippen LogP contribution < -0.4 is 10.1 Å². The molecule has 2 heterocycles. The molecule has 2 aromatic carbocycles. The molecule has 2 aliphatic heterocycles. The van der Waals surface area contributed by atoms with Crippen molar-refractivity contribution in [1.29, 1.82) is 0 Å². The zero-order chi connectivity index (χ0) is 28.7. The van der Waals surface area contributed by atoms with Crippen LogP contribution in [-0.2, 0) is 25.6 Å². The molecule has 1 spiro atoms. The number of aliphatic hydroxyl groups excluding tert-OH is 1. The van der Waals surface area contributed by atoms with E-state index in [1.165, 1.54) is 19.2 Å². The fourth-order valence-electron chi connectivity index (χ4n) is 6.43. The summed E-state index contributed by atoms with van der Waals surface area (Å²) in [7, 11) is -2.86. The fourth-order valence-corrected chi connectivity index (χ4v) is 7.38. The molecule has 10 heteroatoms. The second kappa shape index (κ2) is 8.55. The van der Waals surface area contributed by atoms with Crippen molar-refractivity contribution in [2.75, 3.05) is 7.11 Å². The number of hydrogen-bond acceptors (Lipinski definition) is 8. The lowest BCUT2D eigenvalue weighted by Crippen LogP contribution is -2.62. The van der Waals surface area contributed by atoms with Gasteiger partial charge in [0.2, 0.25) is 0 Å². The highest BCUT2D eigenvalue weighted by atomic mass is 32.2. The number of amides is 1. The van der Waals surface area contributed by atoms with Crippen molar-refractivity contribution >= 4 is 21.7 Å². The molecule has 1 amide bonds. The van der Waals surface area contributed by atoms with Crippen LogP contribution in [0, 0.1) is 10.8 Å². The van der Waals surface area contributed by atoms with E-state index in [2.05, 4.69) is 17.4 Å². The van der Waals surface area contributed by atoms with Crippen molar-refractivity contribution in [3.05, 3.63) is 94.3 Å². The Hall–Kier alpha value is -3.89. The first kappa shape index (κ1) is 26.3. The summed E-state index contributed by atoms with van der Waals surface area (Å²) in [6.45, 7) is 7.90. The van der Waals surface area contributed by atoms with Crippen molar-refractivity contribution < 1.29 is 32.1 Å². The lowest BCUT2D eigenvalue weighted by Gasteiger charge is -2.58. The van der Waals surface area contributed by atoms with Crippen LogP contribution in [0.3, 0.4) is 0 Å². The van der Waals surface area contributed by atoms with Gasteiger partial charge >= 0.3 is 10.1 Å². The van der Waals surface area contributed by atoms with Crippen LogP contribution >= 0.6 is 0 Å². The molecule has 3 atom stereocenters. The molecule has 2 aromatic rings. The highest BCUT2D eigenvalue weighted by Crippen LogP contribution is 2.62. The highest BCUT2D eigenvalue weighted by Gasteiger charge is 2.64. The summed E-state index contributed by atoms with van der Waals surface area (Å²) >= 11 is 0. The Morgan fingerprint density at radius 3 is 2.52 bits per heavy atom. The average molecular weight is 563 g/mol. The van der Waals surface area contributed by atoms with Gasteiger partial charge in [0.15, 0.2) is 17.6 Å². The first-order chi connectivity index (χ1) is 18.9. The van der Waals surface area contributed by atoms with Crippen LogP contribution in [0.15, 0.2) is 87.6 Å².